The third-order valence-electron chi connectivity index (χ3n) is 3.99. The highest BCUT2D eigenvalue weighted by Gasteiger charge is 2.29. The van der Waals surface area contributed by atoms with Crippen LogP contribution in [0.3, 0.4) is 0 Å². The quantitative estimate of drug-likeness (QED) is 0.573. The summed E-state index contributed by atoms with van der Waals surface area (Å²) in [6, 6.07) is 10.2. The van der Waals surface area contributed by atoms with E-state index in [1.807, 2.05) is 0 Å². The van der Waals surface area contributed by atoms with Crippen molar-refractivity contribution in [2.45, 2.75) is 12.8 Å². The molecule has 0 bridgehead atoms. The number of rotatable bonds is 6. The highest BCUT2D eigenvalue weighted by Crippen LogP contribution is 2.30. The summed E-state index contributed by atoms with van der Waals surface area (Å²) >= 11 is 0. The Morgan fingerprint density at radius 1 is 1.11 bits per heavy atom. The molecule has 0 unspecified atom stereocenters. The van der Waals surface area contributed by atoms with E-state index in [0.29, 0.717) is 17.1 Å². The Kier molecular flexibility index (Phi) is 4.48. The fourth-order valence-electron chi connectivity index (χ4n) is 2.40. The van der Waals surface area contributed by atoms with Gasteiger partial charge in [0, 0.05) is 35.1 Å². The number of pyridine rings is 1. The van der Waals surface area contributed by atoms with Crippen LogP contribution >= 0.6 is 0 Å². The molecule has 3 N–H and O–H groups in total. The minimum Gasteiger partial charge on any atom is -0.326 e. The van der Waals surface area contributed by atoms with Gasteiger partial charge in [0.1, 0.15) is 0 Å². The number of hydrogen-bond donors (Lipinski definition) is 3. The molecule has 2 amide bonds. The molecule has 1 fully saturated rings. The average molecular weight is 364 g/mol. The first-order valence-electron chi connectivity index (χ1n) is 8.40. The standard InChI is InChI=1S/C18H16N6O3/c25-16(12-4-5-12)20-14-3-1-2-13(10-14)17(26)22-23-18-21-15(24-27-18)11-6-8-19-9-7-11/h1-3,6-10,12H,4-5H2,(H,20,25)(H,22,26)(H,21,23,24). The van der Waals surface area contributed by atoms with Crippen LogP contribution in [0.15, 0.2) is 53.3 Å². The predicted molar refractivity (Wildman–Crippen MR) is 96.4 cm³/mol. The normalized spacial score (nSPS) is 13.0. The monoisotopic (exact) mass is 364 g/mol. The molecule has 2 aromatic heterocycles. The maximum Gasteiger partial charge on any atom is 0.340 e. The molecule has 0 spiro atoms. The van der Waals surface area contributed by atoms with Gasteiger partial charge in [-0.3, -0.25) is 20.0 Å². The number of hydrazine groups is 1. The summed E-state index contributed by atoms with van der Waals surface area (Å²) in [6.07, 6.45) is 5.08. The fraction of sp³-hybridized carbons (Fsp3) is 0.167. The van der Waals surface area contributed by atoms with Crippen LogP contribution in [0.25, 0.3) is 11.4 Å². The van der Waals surface area contributed by atoms with Gasteiger partial charge in [-0.1, -0.05) is 11.2 Å². The van der Waals surface area contributed by atoms with Crippen molar-refractivity contribution in [3.05, 3.63) is 54.4 Å². The first kappa shape index (κ1) is 16.7. The van der Waals surface area contributed by atoms with Crippen LogP contribution in [0.5, 0.6) is 0 Å². The van der Waals surface area contributed by atoms with E-state index in [0.717, 1.165) is 18.4 Å². The average Bonchev–Trinajstić information content (AvgIpc) is 3.45. The number of amides is 2. The number of carbonyl (C=O) groups is 2. The van der Waals surface area contributed by atoms with E-state index in [9.17, 15) is 9.59 Å². The molecule has 1 aromatic carbocycles. The van der Waals surface area contributed by atoms with Gasteiger partial charge in [-0.25, -0.2) is 5.43 Å². The molecule has 9 heteroatoms. The number of aromatic nitrogens is 3. The molecule has 0 atom stereocenters. The summed E-state index contributed by atoms with van der Waals surface area (Å²) < 4.78 is 5.05. The first-order chi connectivity index (χ1) is 13.2. The lowest BCUT2D eigenvalue weighted by atomic mass is 10.2. The van der Waals surface area contributed by atoms with Gasteiger partial charge in [0.15, 0.2) is 0 Å². The van der Waals surface area contributed by atoms with Gasteiger partial charge in [0.25, 0.3) is 5.91 Å². The van der Waals surface area contributed by atoms with Crippen molar-refractivity contribution in [2.24, 2.45) is 5.92 Å². The summed E-state index contributed by atoms with van der Waals surface area (Å²) in [6.45, 7) is 0. The van der Waals surface area contributed by atoms with Gasteiger partial charge in [-0.15, -0.1) is 0 Å². The van der Waals surface area contributed by atoms with Crippen molar-refractivity contribution >= 4 is 23.5 Å². The highest BCUT2D eigenvalue weighted by atomic mass is 16.5. The summed E-state index contributed by atoms with van der Waals surface area (Å²) in [5.74, 6) is 0.0524. The second-order valence-electron chi connectivity index (χ2n) is 6.08. The Labute approximate surface area is 154 Å². The van der Waals surface area contributed by atoms with Crippen molar-refractivity contribution in [3.8, 4) is 11.4 Å². The van der Waals surface area contributed by atoms with Crippen LogP contribution < -0.4 is 16.2 Å². The molecule has 9 nitrogen and oxygen atoms in total. The topological polar surface area (TPSA) is 122 Å². The SMILES string of the molecule is O=C(NNc1nc(-c2ccncc2)no1)c1cccc(NC(=O)C2CC2)c1. The Balaban J connectivity index is 1.37. The Hall–Kier alpha value is -3.75. The van der Waals surface area contributed by atoms with Gasteiger partial charge < -0.3 is 9.84 Å². The summed E-state index contributed by atoms with van der Waals surface area (Å²) in [4.78, 5) is 32.2. The molecule has 2 heterocycles. The van der Waals surface area contributed by atoms with Gasteiger partial charge in [-0.05, 0) is 43.2 Å². The molecule has 0 saturated heterocycles. The molecule has 0 aliphatic heterocycles. The van der Waals surface area contributed by atoms with Crippen LogP contribution in [-0.2, 0) is 4.79 Å². The number of anilines is 2. The third kappa shape index (κ3) is 4.09. The highest BCUT2D eigenvalue weighted by molar-refractivity contribution is 5.98. The van der Waals surface area contributed by atoms with E-state index >= 15 is 0 Å². The second-order valence-corrected chi connectivity index (χ2v) is 6.08. The molecular formula is C18H16N6O3. The van der Waals surface area contributed by atoms with Gasteiger partial charge in [0.05, 0.1) is 0 Å². The molecule has 3 aromatic rings. The van der Waals surface area contributed by atoms with Gasteiger partial charge in [-0.2, -0.15) is 4.98 Å². The minimum atomic E-state index is -0.402. The maximum absolute atomic E-state index is 12.3. The zero-order chi connectivity index (χ0) is 18.6. The molecule has 1 saturated carbocycles. The summed E-state index contributed by atoms with van der Waals surface area (Å²) in [5, 5.41) is 6.64. The molecule has 1 aliphatic carbocycles. The van der Waals surface area contributed by atoms with Crippen molar-refractivity contribution in [1.82, 2.24) is 20.6 Å². The smallest absolute Gasteiger partial charge is 0.326 e. The van der Waals surface area contributed by atoms with Crippen LogP contribution in [0.4, 0.5) is 11.7 Å². The van der Waals surface area contributed by atoms with Crippen LogP contribution in [0.1, 0.15) is 23.2 Å². The second kappa shape index (κ2) is 7.24. The lowest BCUT2D eigenvalue weighted by Gasteiger charge is -2.07. The van der Waals surface area contributed by atoms with Crippen molar-refractivity contribution in [2.75, 3.05) is 10.7 Å². The van der Waals surface area contributed by atoms with E-state index in [1.165, 1.54) is 0 Å². The Bertz CT molecular complexity index is 968. The fourth-order valence-corrected chi connectivity index (χ4v) is 2.40. The first-order valence-corrected chi connectivity index (χ1v) is 8.40. The van der Waals surface area contributed by atoms with E-state index < -0.39 is 5.91 Å². The Morgan fingerprint density at radius 3 is 2.70 bits per heavy atom. The molecular weight excluding hydrogens is 348 g/mol. The number of carbonyl (C=O) groups excluding carboxylic acids is 2. The van der Waals surface area contributed by atoms with Crippen LogP contribution in [0, 0.1) is 5.92 Å². The minimum absolute atomic E-state index is 0.0137. The van der Waals surface area contributed by atoms with Crippen molar-refractivity contribution in [3.63, 3.8) is 0 Å². The number of nitrogens with one attached hydrogen (secondary N) is 3. The summed E-state index contributed by atoms with van der Waals surface area (Å²) in [5.41, 5.74) is 6.77. The molecule has 0 radical (unpaired) electrons. The molecule has 4 rings (SSSR count). The number of hydrogen-bond acceptors (Lipinski definition) is 7. The zero-order valence-electron chi connectivity index (χ0n) is 14.2. The summed E-state index contributed by atoms with van der Waals surface area (Å²) in [7, 11) is 0. The van der Waals surface area contributed by atoms with E-state index in [2.05, 4.69) is 31.3 Å². The maximum atomic E-state index is 12.3. The van der Waals surface area contributed by atoms with E-state index in [-0.39, 0.29) is 17.8 Å². The van der Waals surface area contributed by atoms with Crippen LogP contribution in [0.2, 0.25) is 0 Å². The predicted octanol–water partition coefficient (Wildman–Crippen LogP) is 2.24. The zero-order valence-corrected chi connectivity index (χ0v) is 14.2. The van der Waals surface area contributed by atoms with Gasteiger partial charge in [0.2, 0.25) is 11.7 Å². The number of nitrogens with zero attached hydrogens (tertiary/aromatic N) is 3. The van der Waals surface area contributed by atoms with Gasteiger partial charge >= 0.3 is 6.01 Å². The molecule has 136 valence electrons. The molecule has 27 heavy (non-hydrogen) atoms. The lowest BCUT2D eigenvalue weighted by Crippen LogP contribution is -2.29. The lowest BCUT2D eigenvalue weighted by molar-refractivity contribution is -0.117. The Morgan fingerprint density at radius 2 is 1.93 bits per heavy atom. The van der Waals surface area contributed by atoms with Crippen LogP contribution in [-0.4, -0.2) is 26.9 Å². The van der Waals surface area contributed by atoms with Crippen molar-refractivity contribution in [1.29, 1.82) is 0 Å². The largest absolute Gasteiger partial charge is 0.340 e. The third-order valence-corrected chi connectivity index (χ3v) is 3.99. The number of benzene rings is 1. The molecule has 1 aliphatic rings. The van der Waals surface area contributed by atoms with Crippen molar-refractivity contribution < 1.29 is 14.1 Å². The van der Waals surface area contributed by atoms with E-state index in [1.54, 1.807) is 48.8 Å². The van der Waals surface area contributed by atoms with E-state index in [4.69, 9.17) is 4.52 Å².